The summed E-state index contributed by atoms with van der Waals surface area (Å²) in [7, 11) is 0. The molecule has 7 heteroatoms. The van der Waals surface area contributed by atoms with Crippen LogP contribution >= 0.6 is 43.2 Å². The first kappa shape index (κ1) is 12.7. The van der Waals surface area contributed by atoms with Crippen molar-refractivity contribution in [1.82, 2.24) is 4.98 Å². The fourth-order valence-corrected chi connectivity index (χ4v) is 3.05. The van der Waals surface area contributed by atoms with Gasteiger partial charge in [-0.05, 0) is 50.1 Å². The minimum atomic E-state index is -0.628. The third-order valence-corrected chi connectivity index (χ3v) is 5.08. The first-order chi connectivity index (χ1) is 8.06. The summed E-state index contributed by atoms with van der Waals surface area (Å²) < 4.78 is 14.4. The van der Waals surface area contributed by atoms with Crippen molar-refractivity contribution in [3.8, 4) is 0 Å². The van der Waals surface area contributed by atoms with Gasteiger partial charge in [-0.25, -0.2) is 4.98 Å². The summed E-state index contributed by atoms with van der Waals surface area (Å²) in [6, 6.07) is 5.91. The molecule has 2 rings (SSSR count). The van der Waals surface area contributed by atoms with E-state index in [1.807, 2.05) is 0 Å². The minimum Gasteiger partial charge on any atom is -0.306 e. The Hall–Kier alpha value is -0.790. The molecule has 0 aliphatic rings. The zero-order valence-electron chi connectivity index (χ0n) is 8.21. The lowest BCUT2D eigenvalue weighted by atomic mass is 10.4. The highest BCUT2D eigenvalue weighted by Crippen LogP contribution is 2.32. The SMILES string of the molecule is O=C(Nc1cccc(F)n1)c1cc(Br)c(Br)s1. The second-order valence-corrected chi connectivity index (χ2v) is 6.26. The minimum absolute atomic E-state index is 0.190. The van der Waals surface area contributed by atoms with E-state index in [2.05, 4.69) is 42.2 Å². The molecule has 0 spiro atoms. The molecule has 0 saturated heterocycles. The molecule has 2 aromatic heterocycles. The number of amides is 1. The molecule has 1 amide bonds. The molecular formula is C10H5Br2FN2OS. The molecule has 2 aromatic rings. The Labute approximate surface area is 117 Å². The van der Waals surface area contributed by atoms with Crippen LogP contribution in [-0.2, 0) is 0 Å². The quantitative estimate of drug-likeness (QED) is 0.799. The Kier molecular flexibility index (Phi) is 3.90. The van der Waals surface area contributed by atoms with Crippen LogP contribution in [0.5, 0.6) is 0 Å². The number of nitrogens with zero attached hydrogens (tertiary/aromatic N) is 1. The summed E-state index contributed by atoms with van der Waals surface area (Å²) in [4.78, 5) is 15.8. The van der Waals surface area contributed by atoms with Crippen molar-refractivity contribution in [3.63, 3.8) is 0 Å². The van der Waals surface area contributed by atoms with Gasteiger partial charge in [0.2, 0.25) is 5.95 Å². The van der Waals surface area contributed by atoms with Crippen LogP contribution in [0.3, 0.4) is 0 Å². The highest BCUT2D eigenvalue weighted by atomic mass is 79.9. The Morgan fingerprint density at radius 1 is 1.41 bits per heavy atom. The maximum absolute atomic E-state index is 12.8. The van der Waals surface area contributed by atoms with Gasteiger partial charge < -0.3 is 5.32 Å². The summed E-state index contributed by atoms with van der Waals surface area (Å²) in [5.41, 5.74) is 0. The molecule has 0 fully saturated rings. The normalized spacial score (nSPS) is 10.3. The van der Waals surface area contributed by atoms with E-state index in [1.165, 1.54) is 29.5 Å². The third-order valence-electron chi connectivity index (χ3n) is 1.83. The largest absolute Gasteiger partial charge is 0.306 e. The average Bonchev–Trinajstić information content (AvgIpc) is 2.59. The Morgan fingerprint density at radius 2 is 2.18 bits per heavy atom. The second kappa shape index (κ2) is 5.24. The predicted molar refractivity (Wildman–Crippen MR) is 71.9 cm³/mol. The first-order valence-electron chi connectivity index (χ1n) is 4.45. The molecule has 0 radical (unpaired) electrons. The zero-order valence-corrected chi connectivity index (χ0v) is 12.2. The van der Waals surface area contributed by atoms with Crippen molar-refractivity contribution in [1.29, 1.82) is 0 Å². The fraction of sp³-hybridized carbons (Fsp3) is 0. The van der Waals surface area contributed by atoms with Crippen LogP contribution in [0, 0.1) is 5.95 Å². The van der Waals surface area contributed by atoms with Crippen molar-refractivity contribution < 1.29 is 9.18 Å². The van der Waals surface area contributed by atoms with Gasteiger partial charge >= 0.3 is 0 Å². The second-order valence-electron chi connectivity index (χ2n) is 3.03. The molecular weight excluding hydrogens is 375 g/mol. The number of hydrogen-bond donors (Lipinski definition) is 1. The molecule has 88 valence electrons. The van der Waals surface area contributed by atoms with E-state index in [9.17, 15) is 9.18 Å². The van der Waals surface area contributed by atoms with Crippen LogP contribution in [0.25, 0.3) is 0 Å². The van der Waals surface area contributed by atoms with E-state index in [-0.39, 0.29) is 11.7 Å². The number of thiophene rings is 1. The van der Waals surface area contributed by atoms with Crippen LogP contribution in [0.4, 0.5) is 10.2 Å². The Morgan fingerprint density at radius 3 is 2.76 bits per heavy atom. The van der Waals surface area contributed by atoms with Gasteiger partial charge in [-0.1, -0.05) is 6.07 Å². The first-order valence-corrected chi connectivity index (χ1v) is 6.85. The molecule has 2 heterocycles. The van der Waals surface area contributed by atoms with Gasteiger partial charge in [-0.15, -0.1) is 11.3 Å². The predicted octanol–water partition coefficient (Wildman–Crippen LogP) is 4.06. The van der Waals surface area contributed by atoms with Crippen molar-refractivity contribution >= 4 is 54.9 Å². The lowest BCUT2D eigenvalue weighted by Gasteiger charge is -2.01. The Balaban J connectivity index is 2.17. The van der Waals surface area contributed by atoms with Crippen LogP contribution in [0.1, 0.15) is 9.67 Å². The highest BCUT2D eigenvalue weighted by molar-refractivity contribution is 9.13. The maximum Gasteiger partial charge on any atom is 0.266 e. The van der Waals surface area contributed by atoms with Gasteiger partial charge in [-0.3, -0.25) is 4.79 Å². The number of nitrogens with one attached hydrogen (secondary N) is 1. The van der Waals surface area contributed by atoms with Crippen LogP contribution < -0.4 is 5.32 Å². The number of halogens is 3. The van der Waals surface area contributed by atoms with Crippen LogP contribution in [-0.4, -0.2) is 10.9 Å². The van der Waals surface area contributed by atoms with Gasteiger partial charge in [0.15, 0.2) is 0 Å². The molecule has 3 nitrogen and oxygen atoms in total. The fourth-order valence-electron chi connectivity index (χ4n) is 1.11. The number of carbonyl (C=O) groups excluding carboxylic acids is 1. The molecule has 0 aliphatic carbocycles. The van der Waals surface area contributed by atoms with E-state index in [0.29, 0.717) is 4.88 Å². The van der Waals surface area contributed by atoms with Gasteiger partial charge in [0.05, 0.1) is 8.66 Å². The summed E-state index contributed by atoms with van der Waals surface area (Å²) in [6.45, 7) is 0. The van der Waals surface area contributed by atoms with E-state index in [0.717, 1.165) is 8.26 Å². The van der Waals surface area contributed by atoms with Crippen molar-refractivity contribution in [2.75, 3.05) is 5.32 Å². The van der Waals surface area contributed by atoms with Gasteiger partial charge in [0.25, 0.3) is 5.91 Å². The molecule has 0 saturated carbocycles. The zero-order chi connectivity index (χ0) is 12.4. The van der Waals surface area contributed by atoms with Crippen molar-refractivity contribution in [3.05, 3.63) is 43.3 Å². The molecule has 0 bridgehead atoms. The molecule has 0 aromatic carbocycles. The maximum atomic E-state index is 12.8. The van der Waals surface area contributed by atoms with Gasteiger partial charge in [0, 0.05) is 4.47 Å². The van der Waals surface area contributed by atoms with Gasteiger partial charge in [-0.2, -0.15) is 4.39 Å². The van der Waals surface area contributed by atoms with Crippen LogP contribution in [0.2, 0.25) is 0 Å². The standard InChI is InChI=1S/C10H5Br2FN2OS/c11-5-4-6(17-9(5)12)10(16)15-8-3-1-2-7(13)14-8/h1-4H,(H,14,15,16). The summed E-state index contributed by atoms with van der Waals surface area (Å²) in [6.07, 6.45) is 0. The monoisotopic (exact) mass is 378 g/mol. The molecule has 0 aliphatic heterocycles. The number of aromatic nitrogens is 1. The Bertz CT molecular complexity index is 554. The summed E-state index contributed by atoms with van der Waals surface area (Å²) in [5.74, 6) is -0.758. The number of pyridine rings is 1. The number of carbonyl (C=O) groups is 1. The summed E-state index contributed by atoms with van der Waals surface area (Å²) >= 11 is 7.87. The smallest absolute Gasteiger partial charge is 0.266 e. The van der Waals surface area contributed by atoms with Crippen LogP contribution in [0.15, 0.2) is 32.5 Å². The number of hydrogen-bond acceptors (Lipinski definition) is 3. The lowest BCUT2D eigenvalue weighted by Crippen LogP contribution is -2.11. The topological polar surface area (TPSA) is 42.0 Å². The molecule has 17 heavy (non-hydrogen) atoms. The van der Waals surface area contributed by atoms with E-state index in [1.54, 1.807) is 6.07 Å². The van der Waals surface area contributed by atoms with Crippen molar-refractivity contribution in [2.24, 2.45) is 0 Å². The third kappa shape index (κ3) is 3.11. The lowest BCUT2D eigenvalue weighted by molar-refractivity contribution is 0.103. The summed E-state index contributed by atoms with van der Waals surface area (Å²) in [5, 5.41) is 2.52. The molecule has 1 N–H and O–H groups in total. The highest BCUT2D eigenvalue weighted by Gasteiger charge is 2.12. The van der Waals surface area contributed by atoms with Crippen molar-refractivity contribution in [2.45, 2.75) is 0 Å². The van der Waals surface area contributed by atoms with Gasteiger partial charge in [0.1, 0.15) is 5.82 Å². The molecule has 0 atom stereocenters. The molecule has 0 unspecified atom stereocenters. The van der Waals surface area contributed by atoms with E-state index >= 15 is 0 Å². The number of rotatable bonds is 2. The average molecular weight is 380 g/mol. The van der Waals surface area contributed by atoms with E-state index < -0.39 is 5.95 Å². The number of anilines is 1. The van der Waals surface area contributed by atoms with E-state index in [4.69, 9.17) is 0 Å².